The van der Waals surface area contributed by atoms with E-state index in [1.54, 1.807) is 0 Å². The molecule has 0 aromatic carbocycles. The van der Waals surface area contributed by atoms with Crippen LogP contribution in [0.15, 0.2) is 5.28 Å². The van der Waals surface area contributed by atoms with Crippen LogP contribution >= 0.6 is 0 Å². The fourth-order valence-corrected chi connectivity index (χ4v) is 0.144. The summed E-state index contributed by atoms with van der Waals surface area (Å²) < 4.78 is 0. The summed E-state index contributed by atoms with van der Waals surface area (Å²) in [5.74, 6) is 0. The van der Waals surface area contributed by atoms with E-state index in [9.17, 15) is 0 Å². The molecule has 4 heteroatoms. The van der Waals surface area contributed by atoms with Crippen LogP contribution < -0.4 is 10.6 Å². The number of hydroxylamine groups is 1. The summed E-state index contributed by atoms with van der Waals surface area (Å²) in [6, 6.07) is 0. The van der Waals surface area contributed by atoms with Gasteiger partial charge in [-0.25, -0.2) is 4.94 Å². The standard InChI is InChI=1S/CH3N3O/c1-2-4-5-3-1/h3H,1H2/q+1. The molecule has 4 nitrogen and oxygen atoms in total. The average molecular weight is 73.1 g/mol. The van der Waals surface area contributed by atoms with Gasteiger partial charge in [0.2, 0.25) is 5.11 Å². The Morgan fingerprint density at radius 2 is 3.00 bits per heavy atom. The van der Waals surface area contributed by atoms with E-state index in [4.69, 9.17) is 0 Å². The smallest absolute Gasteiger partial charge is 0.235 e. The molecule has 0 saturated heterocycles. The largest absolute Gasteiger partial charge is 0.332 e. The van der Waals surface area contributed by atoms with Gasteiger partial charge in [0.25, 0.3) is 5.28 Å². The predicted octanol–water partition coefficient (Wildman–Crippen LogP) is -0.818. The van der Waals surface area contributed by atoms with Gasteiger partial charge in [-0.15, -0.1) is 0 Å². The quantitative estimate of drug-likeness (QED) is 0.407. The number of rotatable bonds is 0. The van der Waals surface area contributed by atoms with Crippen LogP contribution in [0.25, 0.3) is 0 Å². The highest BCUT2D eigenvalue weighted by atomic mass is 16.8. The molecule has 1 heterocycles. The monoisotopic (exact) mass is 73.0 g/mol. The SMILES string of the molecule is C1[N+]=NON1. The predicted molar refractivity (Wildman–Crippen MR) is 13.6 cm³/mol. The molecule has 0 aromatic rings. The van der Waals surface area contributed by atoms with Gasteiger partial charge in [0, 0.05) is 0 Å². The van der Waals surface area contributed by atoms with E-state index in [2.05, 4.69) is 20.8 Å². The number of hydrogen-bond donors (Lipinski definition) is 1. The maximum absolute atomic E-state index is 4.15. The molecule has 1 radical (unpaired) electrons. The van der Waals surface area contributed by atoms with Crippen LogP contribution in [0.2, 0.25) is 0 Å². The zero-order chi connectivity index (χ0) is 3.54. The second-order valence-electron chi connectivity index (χ2n) is 0.617. The molecule has 1 aliphatic rings. The number of hydrogen-bond acceptors (Lipinski definition) is 4. The summed E-state index contributed by atoms with van der Waals surface area (Å²) in [5.41, 5.74) is 2.39. The lowest BCUT2D eigenvalue weighted by atomic mass is 11.2. The van der Waals surface area contributed by atoms with E-state index in [-0.39, 0.29) is 0 Å². The fraction of sp³-hybridized carbons (Fsp3) is 1.00. The highest BCUT2D eigenvalue weighted by Gasteiger charge is 2.01. The average Bonchev–Trinajstić information content (AvgIpc) is 1.76. The molecule has 1 rings (SSSR count). The second kappa shape index (κ2) is 0.984. The summed E-state index contributed by atoms with van der Waals surface area (Å²) in [6.07, 6.45) is 0. The Morgan fingerprint density at radius 3 is 3.20 bits per heavy atom. The van der Waals surface area contributed by atoms with Crippen LogP contribution in [0.1, 0.15) is 0 Å². The van der Waals surface area contributed by atoms with Crippen molar-refractivity contribution in [2.24, 2.45) is 5.28 Å². The van der Waals surface area contributed by atoms with Gasteiger partial charge in [-0.1, -0.05) is 5.48 Å². The van der Waals surface area contributed by atoms with E-state index in [1.165, 1.54) is 0 Å². The Bertz CT molecular complexity index is 44.9. The maximum atomic E-state index is 4.15. The third-order valence-electron chi connectivity index (χ3n) is 0.298. The van der Waals surface area contributed by atoms with Gasteiger partial charge >= 0.3 is 6.67 Å². The summed E-state index contributed by atoms with van der Waals surface area (Å²) in [4.78, 5) is 4.15. The maximum Gasteiger partial charge on any atom is 0.332 e. The Kier molecular flexibility index (Phi) is 0.510. The van der Waals surface area contributed by atoms with Gasteiger partial charge in [0.15, 0.2) is 0 Å². The van der Waals surface area contributed by atoms with Crippen molar-refractivity contribution in [3.05, 3.63) is 0 Å². The summed E-state index contributed by atoms with van der Waals surface area (Å²) in [7, 11) is 0. The van der Waals surface area contributed by atoms with E-state index in [0.717, 1.165) is 0 Å². The molecular formula is CH3N3O+. The molecule has 0 amide bonds. The first-order valence-electron chi connectivity index (χ1n) is 1.26. The third-order valence-corrected chi connectivity index (χ3v) is 0.298. The van der Waals surface area contributed by atoms with Crippen LogP contribution in [-0.2, 0) is 4.94 Å². The van der Waals surface area contributed by atoms with Crippen molar-refractivity contribution < 1.29 is 4.94 Å². The first-order chi connectivity index (χ1) is 2.50. The zero-order valence-electron chi connectivity index (χ0n) is 2.51. The third kappa shape index (κ3) is 0.327. The lowest BCUT2D eigenvalue weighted by molar-refractivity contribution is 0.0756. The van der Waals surface area contributed by atoms with Gasteiger partial charge in [0.1, 0.15) is 0 Å². The van der Waals surface area contributed by atoms with Crippen molar-refractivity contribution in [2.45, 2.75) is 0 Å². The molecule has 0 aromatic heterocycles. The molecule has 0 spiro atoms. The van der Waals surface area contributed by atoms with E-state index in [1.807, 2.05) is 0 Å². The van der Waals surface area contributed by atoms with Crippen LogP contribution in [0.3, 0.4) is 0 Å². The fourth-order valence-electron chi connectivity index (χ4n) is 0.144. The molecule has 0 bridgehead atoms. The van der Waals surface area contributed by atoms with Crippen LogP contribution in [0.5, 0.6) is 0 Å². The van der Waals surface area contributed by atoms with Crippen molar-refractivity contribution in [1.29, 1.82) is 0 Å². The molecule has 1 aliphatic heterocycles. The highest BCUT2D eigenvalue weighted by molar-refractivity contribution is 4.14. The Balaban J connectivity index is 2.32. The Hall–Kier alpha value is -0.640. The molecule has 0 saturated carbocycles. The summed E-state index contributed by atoms with van der Waals surface area (Å²) in [5, 5.41) is 6.47. The summed E-state index contributed by atoms with van der Waals surface area (Å²) in [6.45, 7) is 0.486. The molecule has 0 aliphatic carbocycles. The minimum Gasteiger partial charge on any atom is -0.235 e. The zero-order valence-corrected chi connectivity index (χ0v) is 2.51. The number of nitrogens with one attached hydrogen (secondary N) is 1. The first kappa shape index (κ1) is 2.59. The van der Waals surface area contributed by atoms with Crippen LogP contribution in [0, 0.1) is 0 Å². The van der Waals surface area contributed by atoms with Gasteiger partial charge in [-0.3, -0.25) is 0 Å². The van der Waals surface area contributed by atoms with Gasteiger partial charge in [0.05, 0.1) is 0 Å². The second-order valence-corrected chi connectivity index (χ2v) is 0.617. The van der Waals surface area contributed by atoms with Crippen LogP contribution in [-0.4, -0.2) is 6.67 Å². The lowest BCUT2D eigenvalue weighted by Gasteiger charge is -1.66. The van der Waals surface area contributed by atoms with Crippen molar-refractivity contribution in [1.82, 2.24) is 10.6 Å². The topological polar surface area (TPSA) is 47.7 Å². The normalized spacial score (nSPS) is 19.2. The van der Waals surface area contributed by atoms with Crippen molar-refractivity contribution in [3.8, 4) is 0 Å². The van der Waals surface area contributed by atoms with Crippen LogP contribution in [0.4, 0.5) is 0 Å². The molecule has 0 fully saturated rings. The van der Waals surface area contributed by atoms with E-state index >= 15 is 0 Å². The molecule has 0 atom stereocenters. The molecule has 27 valence electrons. The molecular weight excluding hydrogens is 70.0 g/mol. The van der Waals surface area contributed by atoms with Gasteiger partial charge in [-0.2, -0.15) is 0 Å². The number of nitrogens with zero attached hydrogens (tertiary/aromatic N) is 2. The molecule has 0 unspecified atom stereocenters. The minimum absolute atomic E-state index is 0.486. The summed E-state index contributed by atoms with van der Waals surface area (Å²) >= 11 is 0. The minimum atomic E-state index is 0.486. The highest BCUT2D eigenvalue weighted by Crippen LogP contribution is 1.67. The van der Waals surface area contributed by atoms with Crippen molar-refractivity contribution >= 4 is 0 Å². The first-order valence-corrected chi connectivity index (χ1v) is 1.26. The van der Waals surface area contributed by atoms with E-state index in [0.29, 0.717) is 6.67 Å². The van der Waals surface area contributed by atoms with Gasteiger partial charge < -0.3 is 0 Å². The van der Waals surface area contributed by atoms with E-state index < -0.39 is 0 Å². The molecule has 5 heavy (non-hydrogen) atoms. The Labute approximate surface area is 28.8 Å². The van der Waals surface area contributed by atoms with Crippen molar-refractivity contribution in [3.63, 3.8) is 0 Å². The van der Waals surface area contributed by atoms with Gasteiger partial charge in [-0.05, 0) is 0 Å². The lowest BCUT2D eigenvalue weighted by Crippen LogP contribution is -2.05. The molecule has 1 N–H and O–H groups in total. The van der Waals surface area contributed by atoms with Crippen molar-refractivity contribution in [2.75, 3.05) is 6.67 Å². The Morgan fingerprint density at radius 1 is 2.00 bits per heavy atom.